The van der Waals surface area contributed by atoms with Crippen LogP contribution >= 0.6 is 27.5 Å². The minimum Gasteiger partial charge on any atom is -0.363 e. The Labute approximate surface area is 93.7 Å². The third kappa shape index (κ3) is 1.76. The molecule has 0 aliphatic carbocycles. The number of anilines is 1. The SMILES string of the molecule is CNc1nc(-c2ccncc2Br)ns1. The van der Waals surface area contributed by atoms with Crippen LogP contribution in [-0.2, 0) is 0 Å². The van der Waals surface area contributed by atoms with Crippen LogP contribution in [0.4, 0.5) is 5.13 Å². The van der Waals surface area contributed by atoms with Crippen molar-refractivity contribution in [3.05, 3.63) is 22.9 Å². The van der Waals surface area contributed by atoms with Crippen LogP contribution in [-0.4, -0.2) is 21.4 Å². The van der Waals surface area contributed by atoms with Crippen molar-refractivity contribution in [2.24, 2.45) is 0 Å². The van der Waals surface area contributed by atoms with E-state index in [0.717, 1.165) is 15.2 Å². The number of hydrogen-bond donors (Lipinski definition) is 1. The number of aromatic nitrogens is 3. The van der Waals surface area contributed by atoms with Gasteiger partial charge in [-0.1, -0.05) is 0 Å². The first-order valence-electron chi connectivity index (χ1n) is 3.92. The molecule has 2 heterocycles. The van der Waals surface area contributed by atoms with Gasteiger partial charge in [-0.2, -0.15) is 9.36 Å². The molecule has 0 spiro atoms. The highest BCUT2D eigenvalue weighted by Crippen LogP contribution is 2.26. The second kappa shape index (κ2) is 4.02. The fourth-order valence-corrected chi connectivity index (χ4v) is 1.95. The standard InChI is InChI=1S/C8H7BrN4S/c1-10-8-12-7(13-14-8)5-2-3-11-4-6(5)9/h2-4H,1H3,(H,10,12,13). The smallest absolute Gasteiger partial charge is 0.202 e. The molecular weight excluding hydrogens is 264 g/mol. The van der Waals surface area contributed by atoms with Crippen LogP contribution in [0.5, 0.6) is 0 Å². The van der Waals surface area contributed by atoms with E-state index in [1.807, 2.05) is 13.1 Å². The fraction of sp³-hybridized carbons (Fsp3) is 0.125. The van der Waals surface area contributed by atoms with Gasteiger partial charge in [0.05, 0.1) is 0 Å². The number of nitrogens with one attached hydrogen (secondary N) is 1. The van der Waals surface area contributed by atoms with E-state index < -0.39 is 0 Å². The quantitative estimate of drug-likeness (QED) is 0.911. The van der Waals surface area contributed by atoms with Crippen LogP contribution in [0.1, 0.15) is 0 Å². The summed E-state index contributed by atoms with van der Waals surface area (Å²) in [5.74, 6) is 0.716. The normalized spacial score (nSPS) is 10.1. The Hall–Kier alpha value is -1.01. The van der Waals surface area contributed by atoms with Gasteiger partial charge >= 0.3 is 0 Å². The van der Waals surface area contributed by atoms with Crippen molar-refractivity contribution in [1.82, 2.24) is 14.3 Å². The average Bonchev–Trinajstić information content (AvgIpc) is 2.67. The zero-order chi connectivity index (χ0) is 9.97. The van der Waals surface area contributed by atoms with Gasteiger partial charge in [-0.05, 0) is 22.0 Å². The maximum atomic E-state index is 4.30. The van der Waals surface area contributed by atoms with E-state index in [0.29, 0.717) is 5.82 Å². The summed E-state index contributed by atoms with van der Waals surface area (Å²) in [7, 11) is 1.83. The van der Waals surface area contributed by atoms with Crippen LogP contribution in [0.2, 0.25) is 0 Å². The highest BCUT2D eigenvalue weighted by Gasteiger charge is 2.08. The topological polar surface area (TPSA) is 50.7 Å². The third-order valence-corrected chi connectivity index (χ3v) is 3.02. The molecule has 1 N–H and O–H groups in total. The maximum Gasteiger partial charge on any atom is 0.202 e. The number of pyridine rings is 1. The molecule has 0 atom stereocenters. The zero-order valence-corrected chi connectivity index (χ0v) is 9.76. The van der Waals surface area contributed by atoms with Crippen molar-refractivity contribution in [2.75, 3.05) is 12.4 Å². The lowest BCUT2D eigenvalue weighted by Crippen LogP contribution is -1.87. The molecule has 0 aliphatic heterocycles. The van der Waals surface area contributed by atoms with Crippen molar-refractivity contribution >= 4 is 32.6 Å². The van der Waals surface area contributed by atoms with Crippen molar-refractivity contribution in [2.45, 2.75) is 0 Å². The van der Waals surface area contributed by atoms with Gasteiger partial charge in [-0.25, -0.2) is 0 Å². The van der Waals surface area contributed by atoms with Gasteiger partial charge in [0.15, 0.2) is 5.82 Å². The first-order chi connectivity index (χ1) is 6.81. The van der Waals surface area contributed by atoms with E-state index in [4.69, 9.17) is 0 Å². The summed E-state index contributed by atoms with van der Waals surface area (Å²) in [6.45, 7) is 0. The summed E-state index contributed by atoms with van der Waals surface area (Å²) in [5.41, 5.74) is 0.956. The van der Waals surface area contributed by atoms with Gasteiger partial charge in [-0.3, -0.25) is 4.98 Å². The third-order valence-electron chi connectivity index (χ3n) is 1.65. The summed E-state index contributed by atoms with van der Waals surface area (Å²) >= 11 is 4.75. The van der Waals surface area contributed by atoms with Gasteiger partial charge in [0, 0.05) is 41.0 Å². The summed E-state index contributed by atoms with van der Waals surface area (Å²) < 4.78 is 5.13. The van der Waals surface area contributed by atoms with Crippen molar-refractivity contribution in [3.63, 3.8) is 0 Å². The van der Waals surface area contributed by atoms with Gasteiger partial charge in [0.25, 0.3) is 0 Å². The monoisotopic (exact) mass is 270 g/mol. The maximum absolute atomic E-state index is 4.30. The Kier molecular flexibility index (Phi) is 2.74. The largest absolute Gasteiger partial charge is 0.363 e. The molecule has 0 unspecified atom stereocenters. The summed E-state index contributed by atoms with van der Waals surface area (Å²) in [4.78, 5) is 8.28. The van der Waals surface area contributed by atoms with Crippen molar-refractivity contribution in [1.29, 1.82) is 0 Å². The molecule has 2 aromatic heterocycles. The number of halogens is 1. The molecule has 72 valence electrons. The first-order valence-corrected chi connectivity index (χ1v) is 5.49. The van der Waals surface area contributed by atoms with E-state index >= 15 is 0 Å². The molecule has 2 rings (SSSR count). The van der Waals surface area contributed by atoms with Gasteiger partial charge in [0.1, 0.15) is 0 Å². The minimum atomic E-state index is 0.716. The Balaban J connectivity index is 2.44. The number of rotatable bonds is 2. The molecular formula is C8H7BrN4S. The molecule has 0 amide bonds. The fourth-order valence-electron chi connectivity index (χ4n) is 0.991. The Morgan fingerprint density at radius 1 is 1.50 bits per heavy atom. The predicted molar refractivity (Wildman–Crippen MR) is 60.4 cm³/mol. The number of nitrogens with zero attached hydrogens (tertiary/aromatic N) is 3. The Morgan fingerprint density at radius 2 is 2.36 bits per heavy atom. The van der Waals surface area contributed by atoms with E-state index in [1.165, 1.54) is 11.5 Å². The molecule has 0 aromatic carbocycles. The summed E-state index contributed by atoms with van der Waals surface area (Å²) in [6, 6.07) is 1.88. The van der Waals surface area contributed by atoms with E-state index in [-0.39, 0.29) is 0 Å². The van der Waals surface area contributed by atoms with Crippen LogP contribution in [0.25, 0.3) is 11.4 Å². The summed E-state index contributed by atoms with van der Waals surface area (Å²) in [6.07, 6.45) is 3.45. The second-order valence-corrected chi connectivity index (χ2v) is 4.13. The molecule has 0 radical (unpaired) electrons. The summed E-state index contributed by atoms with van der Waals surface area (Å²) in [5, 5.41) is 3.76. The van der Waals surface area contributed by atoms with Gasteiger partial charge in [-0.15, -0.1) is 0 Å². The molecule has 0 saturated heterocycles. The lowest BCUT2D eigenvalue weighted by molar-refractivity contribution is 1.26. The predicted octanol–water partition coefficient (Wildman–Crippen LogP) is 2.40. The lowest BCUT2D eigenvalue weighted by atomic mass is 10.2. The van der Waals surface area contributed by atoms with E-state index in [1.54, 1.807) is 12.4 Å². The Morgan fingerprint density at radius 3 is 3.00 bits per heavy atom. The minimum absolute atomic E-state index is 0.716. The molecule has 2 aromatic rings. The van der Waals surface area contributed by atoms with Gasteiger partial charge in [0.2, 0.25) is 5.13 Å². The number of hydrogen-bond acceptors (Lipinski definition) is 5. The highest BCUT2D eigenvalue weighted by molar-refractivity contribution is 9.10. The van der Waals surface area contributed by atoms with Crippen molar-refractivity contribution in [3.8, 4) is 11.4 Å². The molecule has 14 heavy (non-hydrogen) atoms. The lowest BCUT2D eigenvalue weighted by Gasteiger charge is -1.96. The zero-order valence-electron chi connectivity index (χ0n) is 7.36. The van der Waals surface area contributed by atoms with E-state index in [9.17, 15) is 0 Å². The van der Waals surface area contributed by atoms with E-state index in [2.05, 4.69) is 35.6 Å². The first kappa shape index (κ1) is 9.54. The van der Waals surface area contributed by atoms with Crippen LogP contribution in [0, 0.1) is 0 Å². The second-order valence-electron chi connectivity index (χ2n) is 2.53. The van der Waals surface area contributed by atoms with Crippen molar-refractivity contribution < 1.29 is 0 Å². The Bertz CT molecular complexity index is 442. The molecule has 0 aliphatic rings. The van der Waals surface area contributed by atoms with Gasteiger partial charge < -0.3 is 5.32 Å². The average molecular weight is 271 g/mol. The highest BCUT2D eigenvalue weighted by atomic mass is 79.9. The molecule has 4 nitrogen and oxygen atoms in total. The molecule has 6 heteroatoms. The molecule has 0 fully saturated rings. The van der Waals surface area contributed by atoms with Crippen LogP contribution in [0.3, 0.4) is 0 Å². The molecule has 0 bridgehead atoms. The molecule has 0 saturated carbocycles. The van der Waals surface area contributed by atoms with Crippen LogP contribution in [0.15, 0.2) is 22.9 Å². The van der Waals surface area contributed by atoms with Crippen LogP contribution < -0.4 is 5.32 Å².